The van der Waals surface area contributed by atoms with E-state index >= 15 is 0 Å². The molecule has 1 aromatic rings. The van der Waals surface area contributed by atoms with Gasteiger partial charge >= 0.3 is 0 Å². The van der Waals surface area contributed by atoms with Crippen LogP contribution in [0.4, 0.5) is 4.39 Å². The smallest absolute Gasteiger partial charge is 0.127 e. The number of benzene rings is 1. The van der Waals surface area contributed by atoms with Gasteiger partial charge < -0.3 is 5.11 Å². The van der Waals surface area contributed by atoms with Crippen molar-refractivity contribution in [3.63, 3.8) is 0 Å². The van der Waals surface area contributed by atoms with E-state index in [1.54, 1.807) is 6.07 Å². The van der Waals surface area contributed by atoms with Gasteiger partial charge in [0.25, 0.3) is 0 Å². The topological polar surface area (TPSA) is 23.5 Å². The molecule has 0 amide bonds. The fraction of sp³-hybridized carbons (Fsp3) is 0.538. The van der Waals surface area contributed by atoms with Gasteiger partial charge in [-0.05, 0) is 37.6 Å². The van der Waals surface area contributed by atoms with E-state index in [0.717, 1.165) is 11.6 Å². The zero-order chi connectivity index (χ0) is 12.3. The van der Waals surface area contributed by atoms with Crippen molar-refractivity contribution in [1.82, 2.24) is 4.90 Å². The van der Waals surface area contributed by atoms with Crippen LogP contribution in [0.25, 0.3) is 0 Å². The van der Waals surface area contributed by atoms with Gasteiger partial charge in [0.05, 0.1) is 0 Å². The number of nitrogens with zero attached hydrogens (tertiary/aromatic N) is 1. The van der Waals surface area contributed by atoms with Gasteiger partial charge in [0, 0.05) is 18.7 Å². The third-order valence-electron chi connectivity index (χ3n) is 3.03. The van der Waals surface area contributed by atoms with E-state index < -0.39 is 0 Å². The van der Waals surface area contributed by atoms with Crippen LogP contribution >= 0.6 is 0 Å². The molecule has 0 aromatic heterocycles. The maximum atomic E-state index is 13.1. The Hall–Kier alpha value is -1.09. The van der Waals surface area contributed by atoms with Gasteiger partial charge in [-0.2, -0.15) is 0 Å². The minimum Gasteiger partial charge on any atom is -0.508 e. The largest absolute Gasteiger partial charge is 0.508 e. The molecule has 0 aliphatic heterocycles. The summed E-state index contributed by atoms with van der Waals surface area (Å²) in [6.07, 6.45) is 0. The Labute approximate surface area is 96.7 Å². The van der Waals surface area contributed by atoms with Crippen LogP contribution in [0.5, 0.6) is 5.75 Å². The van der Waals surface area contributed by atoms with Crippen molar-refractivity contribution in [2.45, 2.75) is 33.4 Å². The Morgan fingerprint density at radius 2 is 1.88 bits per heavy atom. The highest BCUT2D eigenvalue weighted by Gasteiger charge is 2.13. The van der Waals surface area contributed by atoms with E-state index in [1.165, 1.54) is 6.07 Å². The van der Waals surface area contributed by atoms with Crippen LogP contribution in [0.2, 0.25) is 0 Å². The van der Waals surface area contributed by atoms with Gasteiger partial charge in [-0.1, -0.05) is 13.8 Å². The first-order valence-corrected chi connectivity index (χ1v) is 5.59. The molecular weight excluding hydrogens is 205 g/mol. The standard InChI is InChI=1S/C13H20FNO/c1-9(2)10(3)15(4)8-11-5-12(14)7-13(16)6-11/h5-7,9-10,16H,8H2,1-4H3. The van der Waals surface area contributed by atoms with Crippen molar-refractivity contribution in [2.75, 3.05) is 7.05 Å². The quantitative estimate of drug-likeness (QED) is 0.851. The molecule has 0 saturated heterocycles. The third-order valence-corrected chi connectivity index (χ3v) is 3.03. The third kappa shape index (κ3) is 3.49. The van der Waals surface area contributed by atoms with Crippen LogP contribution in [-0.4, -0.2) is 23.1 Å². The molecule has 1 N–H and O–H groups in total. The first-order chi connectivity index (χ1) is 7.40. The predicted octanol–water partition coefficient (Wildman–Crippen LogP) is 3.01. The minimum atomic E-state index is -0.388. The average molecular weight is 225 g/mol. The molecule has 0 heterocycles. The lowest BCUT2D eigenvalue weighted by Gasteiger charge is -2.27. The molecule has 2 nitrogen and oxygen atoms in total. The Kier molecular flexibility index (Phi) is 4.30. The summed E-state index contributed by atoms with van der Waals surface area (Å²) in [5.41, 5.74) is 0.799. The van der Waals surface area contributed by atoms with Crippen molar-refractivity contribution in [2.24, 2.45) is 5.92 Å². The Balaban J connectivity index is 2.72. The fourth-order valence-corrected chi connectivity index (χ4v) is 1.67. The van der Waals surface area contributed by atoms with Crippen LogP contribution in [0.15, 0.2) is 18.2 Å². The van der Waals surface area contributed by atoms with Gasteiger partial charge in [0.1, 0.15) is 11.6 Å². The monoisotopic (exact) mass is 225 g/mol. The minimum absolute atomic E-state index is 0.0133. The number of halogens is 1. The van der Waals surface area contributed by atoms with E-state index in [9.17, 15) is 9.50 Å². The first kappa shape index (κ1) is 13.0. The lowest BCUT2D eigenvalue weighted by atomic mass is 10.0. The molecule has 1 aromatic carbocycles. The van der Waals surface area contributed by atoms with Gasteiger partial charge in [-0.15, -0.1) is 0 Å². The van der Waals surface area contributed by atoms with E-state index in [2.05, 4.69) is 25.7 Å². The molecule has 0 saturated carbocycles. The molecule has 3 heteroatoms. The average Bonchev–Trinajstić information content (AvgIpc) is 2.14. The summed E-state index contributed by atoms with van der Waals surface area (Å²) in [4.78, 5) is 2.15. The summed E-state index contributed by atoms with van der Waals surface area (Å²) in [7, 11) is 2.01. The number of phenolic OH excluding ortho intramolecular Hbond substituents is 1. The van der Waals surface area contributed by atoms with Crippen molar-refractivity contribution in [3.8, 4) is 5.75 Å². The van der Waals surface area contributed by atoms with E-state index in [1.807, 2.05) is 7.05 Å². The molecule has 1 unspecified atom stereocenters. The summed E-state index contributed by atoms with van der Waals surface area (Å²) < 4.78 is 13.1. The van der Waals surface area contributed by atoms with Gasteiger partial charge in [-0.3, -0.25) is 4.90 Å². The first-order valence-electron chi connectivity index (χ1n) is 5.59. The second kappa shape index (κ2) is 5.30. The highest BCUT2D eigenvalue weighted by Crippen LogP contribution is 2.18. The summed E-state index contributed by atoms with van der Waals surface area (Å²) in [6, 6.07) is 4.61. The molecule has 0 radical (unpaired) electrons. The lowest BCUT2D eigenvalue weighted by Crippen LogP contribution is -2.32. The number of aromatic hydroxyl groups is 1. The van der Waals surface area contributed by atoms with Crippen molar-refractivity contribution >= 4 is 0 Å². The number of hydrogen-bond donors (Lipinski definition) is 1. The molecule has 0 bridgehead atoms. The van der Waals surface area contributed by atoms with Crippen molar-refractivity contribution in [1.29, 1.82) is 0 Å². The SMILES string of the molecule is CC(C)C(C)N(C)Cc1cc(O)cc(F)c1. The summed E-state index contributed by atoms with van der Waals surface area (Å²) in [5.74, 6) is 0.147. The maximum absolute atomic E-state index is 13.1. The summed E-state index contributed by atoms with van der Waals surface area (Å²) in [6.45, 7) is 7.10. The van der Waals surface area contributed by atoms with Gasteiger partial charge in [0.2, 0.25) is 0 Å². The summed E-state index contributed by atoms with van der Waals surface area (Å²) in [5, 5.41) is 9.30. The molecule has 16 heavy (non-hydrogen) atoms. The van der Waals surface area contributed by atoms with Crippen LogP contribution in [0.1, 0.15) is 26.3 Å². The highest BCUT2D eigenvalue weighted by molar-refractivity contribution is 5.28. The van der Waals surface area contributed by atoms with Gasteiger partial charge in [-0.25, -0.2) is 4.39 Å². The van der Waals surface area contributed by atoms with Gasteiger partial charge in [0.15, 0.2) is 0 Å². The lowest BCUT2D eigenvalue weighted by molar-refractivity contribution is 0.200. The van der Waals surface area contributed by atoms with Crippen LogP contribution in [0.3, 0.4) is 0 Å². The molecule has 1 rings (SSSR count). The predicted molar refractivity (Wildman–Crippen MR) is 63.8 cm³/mol. The zero-order valence-electron chi connectivity index (χ0n) is 10.4. The number of phenols is 1. The number of rotatable bonds is 4. The molecule has 0 aliphatic rings. The van der Waals surface area contributed by atoms with Crippen LogP contribution < -0.4 is 0 Å². The zero-order valence-corrected chi connectivity index (χ0v) is 10.4. The molecule has 0 fully saturated rings. The molecule has 1 atom stereocenters. The van der Waals surface area contributed by atoms with Crippen LogP contribution in [0, 0.1) is 11.7 Å². The second-order valence-electron chi connectivity index (χ2n) is 4.72. The maximum Gasteiger partial charge on any atom is 0.127 e. The Morgan fingerprint density at radius 3 is 2.38 bits per heavy atom. The fourth-order valence-electron chi connectivity index (χ4n) is 1.67. The molecule has 0 aliphatic carbocycles. The summed E-state index contributed by atoms with van der Waals surface area (Å²) >= 11 is 0. The van der Waals surface area contributed by atoms with Crippen LogP contribution in [-0.2, 0) is 6.54 Å². The highest BCUT2D eigenvalue weighted by atomic mass is 19.1. The number of hydrogen-bond acceptors (Lipinski definition) is 2. The molecule has 0 spiro atoms. The molecular formula is C13H20FNO. The Bertz CT molecular complexity index is 332. The van der Waals surface area contributed by atoms with E-state index in [4.69, 9.17) is 0 Å². The van der Waals surface area contributed by atoms with Crippen molar-refractivity contribution < 1.29 is 9.50 Å². The Morgan fingerprint density at radius 1 is 1.25 bits per heavy atom. The van der Waals surface area contributed by atoms with Crippen molar-refractivity contribution in [3.05, 3.63) is 29.6 Å². The normalized spacial score (nSPS) is 13.4. The second-order valence-corrected chi connectivity index (χ2v) is 4.72. The van der Waals surface area contributed by atoms with E-state index in [0.29, 0.717) is 18.5 Å². The molecule has 90 valence electrons. The van der Waals surface area contributed by atoms with E-state index in [-0.39, 0.29) is 11.6 Å².